The van der Waals surface area contributed by atoms with Gasteiger partial charge in [0.25, 0.3) is 0 Å². The minimum Gasteiger partial charge on any atom is -0.459 e. The highest BCUT2D eigenvalue weighted by molar-refractivity contribution is 5.80. The Hall–Kier alpha value is -0.530. The second kappa shape index (κ2) is 5.22. The van der Waals surface area contributed by atoms with Crippen LogP contribution in [0.5, 0.6) is 0 Å². The number of carbonyl (C=O) groups is 1. The number of carbonyl (C=O) groups excluding carboxylic acids is 1. The first kappa shape index (κ1) is 13.9. The minimum absolute atomic E-state index is 0.0454. The Morgan fingerprint density at radius 3 is 2.72 bits per heavy atom. The van der Waals surface area contributed by atoms with Crippen LogP contribution in [0.15, 0.2) is 0 Å². The fourth-order valence-electron chi connectivity index (χ4n) is 3.43. The maximum Gasteiger partial charge on any atom is 0.312 e. The van der Waals surface area contributed by atoms with Crippen LogP contribution in [0, 0.1) is 17.8 Å². The van der Waals surface area contributed by atoms with E-state index >= 15 is 0 Å². The van der Waals surface area contributed by atoms with Gasteiger partial charge in [-0.1, -0.05) is 19.8 Å². The van der Waals surface area contributed by atoms with Crippen molar-refractivity contribution in [2.75, 3.05) is 0 Å². The molecule has 0 aromatic rings. The van der Waals surface area contributed by atoms with Crippen LogP contribution >= 0.6 is 0 Å². The Balaban J connectivity index is 1.86. The van der Waals surface area contributed by atoms with E-state index < -0.39 is 0 Å². The number of rotatable bonds is 6. The van der Waals surface area contributed by atoms with Crippen molar-refractivity contribution in [2.24, 2.45) is 11.3 Å². The molecule has 2 aliphatic rings. The molecule has 0 spiro atoms. The molecule has 2 atom stereocenters. The zero-order valence-electron chi connectivity index (χ0n) is 12.1. The Morgan fingerprint density at radius 2 is 2.22 bits per heavy atom. The number of esters is 1. The zero-order valence-corrected chi connectivity index (χ0v) is 12.1. The maximum absolute atomic E-state index is 12.4. The third-order valence-corrected chi connectivity index (χ3v) is 4.65. The number of hydrogen-bond donors (Lipinski definition) is 0. The van der Waals surface area contributed by atoms with Crippen molar-refractivity contribution in [3.05, 3.63) is 6.42 Å². The van der Waals surface area contributed by atoms with Crippen molar-refractivity contribution in [1.82, 2.24) is 0 Å². The van der Waals surface area contributed by atoms with Crippen LogP contribution in [0.4, 0.5) is 0 Å². The molecule has 2 fully saturated rings. The Bertz CT molecular complexity index is 298. The highest BCUT2D eigenvalue weighted by Gasteiger charge is 2.52. The predicted octanol–water partition coefficient (Wildman–Crippen LogP) is 4.28. The van der Waals surface area contributed by atoms with Crippen molar-refractivity contribution in [1.29, 1.82) is 0 Å². The quantitative estimate of drug-likeness (QED) is 0.520. The van der Waals surface area contributed by atoms with E-state index in [9.17, 15) is 4.79 Å². The summed E-state index contributed by atoms with van der Waals surface area (Å²) in [5.41, 5.74) is -0.512. The van der Waals surface area contributed by atoms with Gasteiger partial charge in [0.15, 0.2) is 0 Å². The molecule has 0 aliphatic heterocycles. The van der Waals surface area contributed by atoms with E-state index in [1.165, 1.54) is 19.3 Å². The molecule has 2 nitrogen and oxygen atoms in total. The summed E-state index contributed by atoms with van der Waals surface area (Å²) in [5.74, 6) is 0.796. The van der Waals surface area contributed by atoms with Crippen molar-refractivity contribution >= 4 is 5.97 Å². The normalized spacial score (nSPS) is 30.7. The molecule has 18 heavy (non-hydrogen) atoms. The van der Waals surface area contributed by atoms with Crippen molar-refractivity contribution in [3.63, 3.8) is 0 Å². The molecule has 2 saturated carbocycles. The van der Waals surface area contributed by atoms with E-state index in [1.807, 2.05) is 0 Å². The van der Waals surface area contributed by atoms with Crippen molar-refractivity contribution < 1.29 is 9.53 Å². The molecule has 103 valence electrons. The van der Waals surface area contributed by atoms with Gasteiger partial charge in [0.2, 0.25) is 0 Å². The fourth-order valence-corrected chi connectivity index (χ4v) is 3.43. The van der Waals surface area contributed by atoms with E-state index in [-0.39, 0.29) is 17.0 Å². The molecule has 2 rings (SSSR count). The molecule has 0 amide bonds. The van der Waals surface area contributed by atoms with Crippen LogP contribution in [0.1, 0.15) is 72.1 Å². The van der Waals surface area contributed by atoms with E-state index in [0.29, 0.717) is 0 Å². The number of hydrogen-bond acceptors (Lipinski definition) is 2. The van der Waals surface area contributed by atoms with Crippen LogP contribution in [0.2, 0.25) is 0 Å². The second-order valence-corrected chi connectivity index (χ2v) is 6.81. The molecule has 0 heterocycles. The van der Waals surface area contributed by atoms with Crippen LogP contribution < -0.4 is 0 Å². The average molecular weight is 251 g/mol. The molecule has 2 aliphatic carbocycles. The highest BCUT2D eigenvalue weighted by atomic mass is 16.6. The Kier molecular flexibility index (Phi) is 4.03. The number of fused-ring (bicyclic) bond motifs is 2. The zero-order chi connectivity index (χ0) is 13.2. The molecule has 0 aromatic heterocycles. The average Bonchev–Trinajstić information content (AvgIpc) is 2.89. The smallest absolute Gasteiger partial charge is 0.312 e. The van der Waals surface area contributed by atoms with Gasteiger partial charge in [0.1, 0.15) is 5.60 Å². The van der Waals surface area contributed by atoms with Gasteiger partial charge < -0.3 is 4.74 Å². The van der Waals surface area contributed by atoms with Crippen molar-refractivity contribution in [3.8, 4) is 0 Å². The standard InChI is InChI=1S/C16H27O2/c1-4-5-6-9-15(2,3)18-14(17)16-10-7-13(12-16)8-11-16/h10,13H,4-9,11-12H2,1-3H3. The summed E-state index contributed by atoms with van der Waals surface area (Å²) >= 11 is 0. The lowest BCUT2D eigenvalue weighted by Crippen LogP contribution is -2.37. The SMILES string of the molecule is CCCCCC(C)(C)OC(=O)C12[CH]CC(CC1)C2. The first-order chi connectivity index (χ1) is 8.47. The van der Waals surface area contributed by atoms with E-state index in [2.05, 4.69) is 27.2 Å². The summed E-state index contributed by atoms with van der Waals surface area (Å²) in [4.78, 5) is 12.4. The van der Waals surface area contributed by atoms with Crippen LogP contribution in [-0.2, 0) is 9.53 Å². The summed E-state index contributed by atoms with van der Waals surface area (Å²) in [6.45, 7) is 6.31. The number of unbranched alkanes of at least 4 members (excludes halogenated alkanes) is 2. The van der Waals surface area contributed by atoms with E-state index in [1.54, 1.807) is 0 Å². The first-order valence-corrected chi connectivity index (χ1v) is 7.55. The summed E-state index contributed by atoms with van der Waals surface area (Å²) < 4.78 is 5.82. The van der Waals surface area contributed by atoms with Gasteiger partial charge in [-0.25, -0.2) is 0 Å². The summed E-state index contributed by atoms with van der Waals surface area (Å²) in [6, 6.07) is 0. The first-order valence-electron chi connectivity index (χ1n) is 7.55. The molecule has 2 bridgehead atoms. The summed E-state index contributed by atoms with van der Waals surface area (Å²) in [5, 5.41) is 0. The van der Waals surface area contributed by atoms with Crippen LogP contribution in [0.3, 0.4) is 0 Å². The topological polar surface area (TPSA) is 26.3 Å². The van der Waals surface area contributed by atoms with Gasteiger partial charge in [0, 0.05) is 0 Å². The number of ether oxygens (including phenoxy) is 1. The lowest BCUT2D eigenvalue weighted by Gasteiger charge is -2.31. The Morgan fingerprint density at radius 1 is 1.44 bits per heavy atom. The minimum atomic E-state index is -0.296. The second-order valence-electron chi connectivity index (χ2n) is 6.81. The third-order valence-electron chi connectivity index (χ3n) is 4.65. The van der Waals surface area contributed by atoms with Gasteiger partial charge >= 0.3 is 5.97 Å². The van der Waals surface area contributed by atoms with E-state index in [4.69, 9.17) is 4.74 Å². The largest absolute Gasteiger partial charge is 0.459 e. The maximum atomic E-state index is 12.4. The summed E-state index contributed by atoms with van der Waals surface area (Å²) in [7, 11) is 0. The summed E-state index contributed by atoms with van der Waals surface area (Å²) in [6.07, 6.45) is 11.2. The van der Waals surface area contributed by atoms with Gasteiger partial charge in [-0.3, -0.25) is 4.79 Å². The molecule has 0 N–H and O–H groups in total. The molecule has 1 radical (unpaired) electrons. The monoisotopic (exact) mass is 251 g/mol. The van der Waals surface area contributed by atoms with Gasteiger partial charge in [-0.15, -0.1) is 0 Å². The van der Waals surface area contributed by atoms with Crippen LogP contribution in [0.25, 0.3) is 0 Å². The van der Waals surface area contributed by atoms with Gasteiger partial charge in [-0.2, -0.15) is 0 Å². The van der Waals surface area contributed by atoms with Gasteiger partial charge in [-0.05, 0) is 64.7 Å². The molecule has 0 saturated heterocycles. The predicted molar refractivity (Wildman–Crippen MR) is 73.0 cm³/mol. The van der Waals surface area contributed by atoms with Crippen molar-refractivity contribution in [2.45, 2.75) is 77.7 Å². The molecular weight excluding hydrogens is 224 g/mol. The highest BCUT2D eigenvalue weighted by Crippen LogP contribution is 2.54. The molecule has 0 aromatic carbocycles. The lowest BCUT2D eigenvalue weighted by atomic mass is 9.84. The van der Waals surface area contributed by atoms with Gasteiger partial charge in [0.05, 0.1) is 5.41 Å². The van der Waals surface area contributed by atoms with Crippen LogP contribution in [-0.4, -0.2) is 11.6 Å². The fraction of sp³-hybridized carbons (Fsp3) is 0.875. The van der Waals surface area contributed by atoms with E-state index in [0.717, 1.165) is 38.0 Å². The molecule has 2 unspecified atom stereocenters. The Labute approximate surface area is 111 Å². The lowest BCUT2D eigenvalue weighted by molar-refractivity contribution is -0.167. The molecule has 2 heteroatoms. The molecular formula is C16H27O2. The third kappa shape index (κ3) is 2.89.